The van der Waals surface area contributed by atoms with Crippen molar-refractivity contribution in [1.82, 2.24) is 14.3 Å². The zero-order chi connectivity index (χ0) is 17.2. The molecule has 1 N–H and O–H groups in total. The fourth-order valence-electron chi connectivity index (χ4n) is 2.52. The molecule has 7 nitrogen and oxygen atoms in total. The van der Waals surface area contributed by atoms with Gasteiger partial charge in [0, 0.05) is 25.0 Å². The van der Waals surface area contributed by atoms with Crippen molar-refractivity contribution < 1.29 is 13.2 Å². The molecular weight excluding hydrogens is 328 g/mol. The quantitative estimate of drug-likeness (QED) is 0.912. The van der Waals surface area contributed by atoms with Crippen molar-refractivity contribution in [2.24, 2.45) is 0 Å². The third-order valence-electron chi connectivity index (χ3n) is 3.81. The number of sulfonamides is 1. The molecule has 1 saturated heterocycles. The summed E-state index contributed by atoms with van der Waals surface area (Å²) in [6.07, 6.45) is 4.64. The van der Waals surface area contributed by atoms with Crippen LogP contribution in [0.2, 0.25) is 0 Å². The molecule has 2 heterocycles. The van der Waals surface area contributed by atoms with Gasteiger partial charge < -0.3 is 5.32 Å². The van der Waals surface area contributed by atoms with Crippen LogP contribution in [-0.4, -0.2) is 41.7 Å². The summed E-state index contributed by atoms with van der Waals surface area (Å²) < 4.78 is 26.6. The summed E-state index contributed by atoms with van der Waals surface area (Å²) in [5.74, 6) is -0.432. The van der Waals surface area contributed by atoms with Gasteiger partial charge in [-0.05, 0) is 38.0 Å². The highest BCUT2D eigenvalue weighted by molar-refractivity contribution is 7.89. The zero-order valence-corrected chi connectivity index (χ0v) is 14.1. The molecule has 24 heavy (non-hydrogen) atoms. The van der Waals surface area contributed by atoms with Crippen molar-refractivity contribution in [3.63, 3.8) is 0 Å². The predicted octanol–water partition coefficient (Wildman–Crippen LogP) is 1.82. The Kier molecular flexibility index (Phi) is 4.59. The van der Waals surface area contributed by atoms with E-state index >= 15 is 0 Å². The fourth-order valence-corrected chi connectivity index (χ4v) is 4.08. The largest absolute Gasteiger partial charge is 0.321 e. The van der Waals surface area contributed by atoms with Gasteiger partial charge in [-0.3, -0.25) is 9.78 Å². The number of anilines is 1. The number of rotatable bonds is 4. The van der Waals surface area contributed by atoms with Gasteiger partial charge in [0.15, 0.2) is 0 Å². The first-order valence-corrected chi connectivity index (χ1v) is 9.11. The molecule has 8 heteroatoms. The van der Waals surface area contributed by atoms with Gasteiger partial charge in [0.05, 0.1) is 16.8 Å². The lowest BCUT2D eigenvalue weighted by Crippen LogP contribution is -2.28. The average molecular weight is 346 g/mol. The van der Waals surface area contributed by atoms with Crippen LogP contribution in [-0.2, 0) is 10.0 Å². The van der Waals surface area contributed by atoms with E-state index in [9.17, 15) is 13.2 Å². The normalized spacial score (nSPS) is 15.4. The summed E-state index contributed by atoms with van der Waals surface area (Å²) in [4.78, 5) is 20.4. The number of carbonyl (C=O) groups excluding carboxylic acids is 1. The Morgan fingerprint density at radius 3 is 2.58 bits per heavy atom. The van der Waals surface area contributed by atoms with Gasteiger partial charge >= 0.3 is 0 Å². The molecule has 0 saturated carbocycles. The van der Waals surface area contributed by atoms with Crippen molar-refractivity contribution in [3.05, 3.63) is 48.0 Å². The molecule has 0 bridgehead atoms. The molecule has 1 aliphatic rings. The monoisotopic (exact) mass is 346 g/mol. The topological polar surface area (TPSA) is 92.3 Å². The first-order valence-electron chi connectivity index (χ1n) is 7.67. The van der Waals surface area contributed by atoms with E-state index in [4.69, 9.17) is 0 Å². The van der Waals surface area contributed by atoms with Crippen LogP contribution in [0.3, 0.4) is 0 Å². The number of amides is 1. The molecule has 0 spiro atoms. The fraction of sp³-hybridized carbons (Fsp3) is 0.312. The van der Waals surface area contributed by atoms with Gasteiger partial charge in [-0.2, -0.15) is 4.31 Å². The maximum Gasteiger partial charge on any atom is 0.275 e. The van der Waals surface area contributed by atoms with Crippen molar-refractivity contribution in [3.8, 4) is 0 Å². The van der Waals surface area contributed by atoms with E-state index in [0.717, 1.165) is 12.8 Å². The molecule has 0 atom stereocenters. The maximum atomic E-state index is 12.6. The van der Waals surface area contributed by atoms with E-state index in [1.165, 1.54) is 28.8 Å². The molecule has 2 aromatic rings. The first kappa shape index (κ1) is 16.5. The number of nitrogens with one attached hydrogen (secondary N) is 1. The minimum Gasteiger partial charge on any atom is -0.321 e. The van der Waals surface area contributed by atoms with Crippen molar-refractivity contribution in [2.45, 2.75) is 24.7 Å². The minimum atomic E-state index is -3.51. The van der Waals surface area contributed by atoms with Crippen LogP contribution in [0.4, 0.5) is 5.69 Å². The van der Waals surface area contributed by atoms with Gasteiger partial charge in [-0.1, -0.05) is 6.07 Å². The third-order valence-corrected chi connectivity index (χ3v) is 5.70. The number of carbonyl (C=O) groups is 1. The van der Waals surface area contributed by atoms with Crippen molar-refractivity contribution in [2.75, 3.05) is 18.4 Å². The Balaban J connectivity index is 1.80. The van der Waals surface area contributed by atoms with Crippen LogP contribution in [0.15, 0.2) is 41.6 Å². The van der Waals surface area contributed by atoms with Crippen LogP contribution >= 0.6 is 0 Å². The number of aryl methyl sites for hydroxylation is 1. The average Bonchev–Trinajstić information content (AvgIpc) is 3.11. The lowest BCUT2D eigenvalue weighted by Gasteiger charge is -2.16. The summed E-state index contributed by atoms with van der Waals surface area (Å²) in [5.41, 5.74) is 1.29. The SMILES string of the molecule is Cc1cnc(C(=O)Nc2cccc(S(=O)(=O)N3CCCC3)c2)cn1. The van der Waals surface area contributed by atoms with Gasteiger partial charge in [0.1, 0.15) is 5.69 Å². The molecule has 1 amide bonds. The molecule has 1 fully saturated rings. The van der Waals surface area contributed by atoms with Crippen LogP contribution < -0.4 is 5.32 Å². The summed E-state index contributed by atoms with van der Waals surface area (Å²) in [7, 11) is -3.51. The van der Waals surface area contributed by atoms with Crippen LogP contribution in [0.25, 0.3) is 0 Å². The number of nitrogens with zero attached hydrogens (tertiary/aromatic N) is 3. The third kappa shape index (κ3) is 3.44. The Hall–Kier alpha value is -2.32. The first-order chi connectivity index (χ1) is 11.5. The highest BCUT2D eigenvalue weighted by atomic mass is 32.2. The molecule has 3 rings (SSSR count). The van der Waals surface area contributed by atoms with E-state index in [2.05, 4.69) is 15.3 Å². The second-order valence-corrected chi connectivity index (χ2v) is 7.57. The lowest BCUT2D eigenvalue weighted by atomic mass is 10.3. The molecule has 0 radical (unpaired) electrons. The predicted molar refractivity (Wildman–Crippen MR) is 89.2 cm³/mol. The Morgan fingerprint density at radius 1 is 1.17 bits per heavy atom. The second-order valence-electron chi connectivity index (χ2n) is 5.64. The standard InChI is InChI=1S/C16H18N4O3S/c1-12-10-18-15(11-17-12)16(21)19-13-5-4-6-14(9-13)24(22,23)20-7-2-3-8-20/h4-6,9-11H,2-3,7-8H2,1H3,(H,19,21). The molecule has 1 aromatic carbocycles. The van der Waals surface area contributed by atoms with Crippen molar-refractivity contribution in [1.29, 1.82) is 0 Å². The van der Waals surface area contributed by atoms with Crippen LogP contribution in [0.1, 0.15) is 29.0 Å². The van der Waals surface area contributed by atoms with E-state index in [1.54, 1.807) is 19.1 Å². The van der Waals surface area contributed by atoms with E-state index in [1.807, 2.05) is 0 Å². The van der Waals surface area contributed by atoms with Crippen LogP contribution in [0, 0.1) is 6.92 Å². The number of benzene rings is 1. The van der Waals surface area contributed by atoms with Gasteiger partial charge in [0.2, 0.25) is 10.0 Å². The molecular formula is C16H18N4O3S. The lowest BCUT2D eigenvalue weighted by molar-refractivity contribution is 0.102. The van der Waals surface area contributed by atoms with E-state index in [-0.39, 0.29) is 10.6 Å². The minimum absolute atomic E-state index is 0.174. The smallest absolute Gasteiger partial charge is 0.275 e. The molecule has 126 valence electrons. The highest BCUT2D eigenvalue weighted by Gasteiger charge is 2.27. The summed E-state index contributed by atoms with van der Waals surface area (Å²) in [6.45, 7) is 2.86. The molecule has 0 unspecified atom stereocenters. The van der Waals surface area contributed by atoms with E-state index in [0.29, 0.717) is 24.5 Å². The second kappa shape index (κ2) is 6.66. The summed E-state index contributed by atoms with van der Waals surface area (Å²) in [6, 6.07) is 6.25. The van der Waals surface area contributed by atoms with Gasteiger partial charge in [-0.25, -0.2) is 13.4 Å². The highest BCUT2D eigenvalue weighted by Crippen LogP contribution is 2.23. The zero-order valence-electron chi connectivity index (χ0n) is 13.3. The maximum absolute atomic E-state index is 12.6. The molecule has 1 aliphatic heterocycles. The Morgan fingerprint density at radius 2 is 1.92 bits per heavy atom. The van der Waals surface area contributed by atoms with Gasteiger partial charge in [0.25, 0.3) is 5.91 Å². The Labute approximate surface area is 140 Å². The van der Waals surface area contributed by atoms with E-state index < -0.39 is 15.9 Å². The number of aromatic nitrogens is 2. The number of hydrogen-bond acceptors (Lipinski definition) is 5. The number of hydrogen-bond donors (Lipinski definition) is 1. The summed E-state index contributed by atoms with van der Waals surface area (Å²) >= 11 is 0. The molecule has 0 aliphatic carbocycles. The van der Waals surface area contributed by atoms with Crippen LogP contribution in [0.5, 0.6) is 0 Å². The molecule has 1 aromatic heterocycles. The van der Waals surface area contributed by atoms with Gasteiger partial charge in [-0.15, -0.1) is 0 Å². The Bertz CT molecular complexity index is 844. The summed E-state index contributed by atoms with van der Waals surface area (Å²) in [5, 5.41) is 2.66. The van der Waals surface area contributed by atoms with Crippen molar-refractivity contribution >= 4 is 21.6 Å².